The molecule has 3 aromatic heterocycles. The number of hydrogen-bond donors (Lipinski definition) is 0. The van der Waals surface area contributed by atoms with Crippen LogP contribution in [0.5, 0.6) is 0 Å². The molecule has 0 bridgehead atoms. The maximum Gasteiger partial charge on any atom is 0.200 e. The number of halogens is 1. The van der Waals surface area contributed by atoms with Crippen LogP contribution >= 0.6 is 39.2 Å². The van der Waals surface area contributed by atoms with E-state index in [-0.39, 0.29) is 0 Å². The number of aryl methyl sites for hydroxylation is 1. The first-order valence-corrected chi connectivity index (χ1v) is 10.3. The van der Waals surface area contributed by atoms with Crippen LogP contribution in [0.3, 0.4) is 0 Å². The van der Waals surface area contributed by atoms with Crippen molar-refractivity contribution in [3.8, 4) is 11.6 Å². The zero-order chi connectivity index (χ0) is 17.9. The third-order valence-corrected chi connectivity index (χ3v) is 5.84. The molecule has 0 unspecified atom stereocenters. The van der Waals surface area contributed by atoms with Gasteiger partial charge in [0.05, 0.1) is 6.54 Å². The van der Waals surface area contributed by atoms with Crippen molar-refractivity contribution in [2.45, 2.75) is 29.4 Å². The van der Waals surface area contributed by atoms with Gasteiger partial charge < -0.3 is 4.42 Å². The first kappa shape index (κ1) is 17.4. The summed E-state index contributed by atoms with van der Waals surface area (Å²) in [6.07, 6.45) is 0.819. The quantitative estimate of drug-likeness (QED) is 0.417. The van der Waals surface area contributed by atoms with E-state index in [1.54, 1.807) is 0 Å². The summed E-state index contributed by atoms with van der Waals surface area (Å²) in [5.41, 5.74) is 1.16. The number of aromatic nitrogens is 5. The molecule has 0 aliphatic carbocycles. The van der Waals surface area contributed by atoms with E-state index in [1.807, 2.05) is 41.8 Å². The maximum absolute atomic E-state index is 5.69. The van der Waals surface area contributed by atoms with Gasteiger partial charge in [0.2, 0.25) is 5.82 Å². The molecule has 0 fully saturated rings. The summed E-state index contributed by atoms with van der Waals surface area (Å²) in [6.45, 7) is 2.69. The van der Waals surface area contributed by atoms with Crippen LogP contribution in [0.2, 0.25) is 0 Å². The minimum Gasteiger partial charge on any atom is -0.446 e. The number of rotatable bonds is 6. The van der Waals surface area contributed by atoms with Gasteiger partial charge in [-0.3, -0.25) is 4.57 Å². The van der Waals surface area contributed by atoms with E-state index in [9.17, 15) is 0 Å². The highest BCUT2D eigenvalue weighted by Gasteiger charge is 2.19. The van der Waals surface area contributed by atoms with Crippen LogP contribution in [0, 0.1) is 0 Å². The predicted octanol–water partition coefficient (Wildman–Crippen LogP) is 4.91. The Morgan fingerprint density at radius 2 is 2.00 bits per heavy atom. The van der Waals surface area contributed by atoms with Crippen molar-refractivity contribution in [3.63, 3.8) is 0 Å². The lowest BCUT2D eigenvalue weighted by atomic mass is 10.2. The third-order valence-electron chi connectivity index (χ3n) is 3.64. The Hall–Kier alpha value is -1.97. The van der Waals surface area contributed by atoms with Crippen molar-refractivity contribution >= 4 is 39.2 Å². The molecule has 0 atom stereocenters. The zero-order valence-corrected chi connectivity index (χ0v) is 17.0. The zero-order valence-electron chi connectivity index (χ0n) is 13.8. The van der Waals surface area contributed by atoms with Crippen molar-refractivity contribution < 1.29 is 4.42 Å². The Labute approximate surface area is 167 Å². The highest BCUT2D eigenvalue weighted by Crippen LogP contribution is 2.32. The van der Waals surface area contributed by atoms with Gasteiger partial charge in [-0.25, -0.2) is 4.98 Å². The predicted molar refractivity (Wildman–Crippen MR) is 104 cm³/mol. The molecule has 9 heteroatoms. The average Bonchev–Trinajstić information content (AvgIpc) is 3.37. The summed E-state index contributed by atoms with van der Waals surface area (Å²) >= 11 is 6.20. The van der Waals surface area contributed by atoms with Crippen LogP contribution in [0.15, 0.2) is 61.0 Å². The molecule has 0 aliphatic rings. The van der Waals surface area contributed by atoms with Crippen molar-refractivity contribution in [2.24, 2.45) is 0 Å². The first-order chi connectivity index (χ1) is 12.7. The van der Waals surface area contributed by atoms with Crippen molar-refractivity contribution in [1.29, 1.82) is 0 Å². The fraction of sp³-hybridized carbons (Fsp3) is 0.176. The smallest absolute Gasteiger partial charge is 0.200 e. The standard InChI is InChI=1S/C17H14BrN5OS2/c1-2-14-19-17(26-22-14)25-16-21-20-15(12-8-9-13(18)24-12)23(16)10-11-6-4-3-5-7-11/h3-9H,2,10H2,1H3. The van der Waals surface area contributed by atoms with Gasteiger partial charge in [-0.1, -0.05) is 37.3 Å². The second-order valence-electron chi connectivity index (χ2n) is 5.41. The third kappa shape index (κ3) is 3.74. The fourth-order valence-corrected chi connectivity index (χ4v) is 4.33. The maximum atomic E-state index is 5.69. The molecule has 1 aromatic carbocycles. The van der Waals surface area contributed by atoms with Crippen molar-refractivity contribution in [1.82, 2.24) is 24.1 Å². The van der Waals surface area contributed by atoms with E-state index in [1.165, 1.54) is 23.3 Å². The number of benzene rings is 1. The molecule has 0 amide bonds. The Balaban J connectivity index is 1.71. The topological polar surface area (TPSA) is 69.6 Å². The van der Waals surface area contributed by atoms with E-state index in [0.717, 1.165) is 27.3 Å². The normalized spacial score (nSPS) is 11.2. The second kappa shape index (κ2) is 7.73. The van der Waals surface area contributed by atoms with Gasteiger partial charge >= 0.3 is 0 Å². The fourth-order valence-electron chi connectivity index (χ4n) is 2.39. The lowest BCUT2D eigenvalue weighted by molar-refractivity contribution is 0.545. The van der Waals surface area contributed by atoms with Crippen LogP contribution in [0.4, 0.5) is 0 Å². The first-order valence-electron chi connectivity index (χ1n) is 7.96. The molecule has 3 heterocycles. The molecular formula is C17H14BrN5OS2. The van der Waals surface area contributed by atoms with Gasteiger partial charge in [0, 0.05) is 6.42 Å². The molecule has 0 aliphatic heterocycles. The molecule has 26 heavy (non-hydrogen) atoms. The van der Waals surface area contributed by atoms with E-state index < -0.39 is 0 Å². The van der Waals surface area contributed by atoms with Gasteiger partial charge in [-0.2, -0.15) is 4.37 Å². The van der Waals surface area contributed by atoms with E-state index in [0.29, 0.717) is 22.8 Å². The summed E-state index contributed by atoms with van der Waals surface area (Å²) < 4.78 is 13.6. The van der Waals surface area contributed by atoms with Crippen LogP contribution in [-0.2, 0) is 13.0 Å². The number of hydrogen-bond acceptors (Lipinski definition) is 7. The Kier molecular flexibility index (Phi) is 5.18. The molecule has 4 aromatic rings. The van der Waals surface area contributed by atoms with Gasteiger partial charge in [-0.15, -0.1) is 10.2 Å². The minimum atomic E-state index is 0.642. The molecule has 0 saturated heterocycles. The van der Waals surface area contributed by atoms with Gasteiger partial charge in [-0.05, 0) is 56.9 Å². The lowest BCUT2D eigenvalue weighted by Crippen LogP contribution is -2.03. The number of nitrogens with zero attached hydrogens (tertiary/aromatic N) is 5. The van der Waals surface area contributed by atoms with Crippen molar-refractivity contribution in [3.05, 3.63) is 58.5 Å². The second-order valence-corrected chi connectivity index (χ2v) is 8.16. The number of furan rings is 1. The van der Waals surface area contributed by atoms with Gasteiger partial charge in [0.25, 0.3) is 0 Å². The van der Waals surface area contributed by atoms with E-state index in [4.69, 9.17) is 4.42 Å². The molecule has 132 valence electrons. The van der Waals surface area contributed by atoms with Crippen LogP contribution in [0.1, 0.15) is 18.3 Å². The summed E-state index contributed by atoms with van der Waals surface area (Å²) in [5, 5.41) is 9.48. The Bertz CT molecular complexity index is 1010. The largest absolute Gasteiger partial charge is 0.446 e. The summed E-state index contributed by atoms with van der Waals surface area (Å²) in [5.74, 6) is 2.20. The molecular weight excluding hydrogens is 434 g/mol. The summed E-state index contributed by atoms with van der Waals surface area (Å²) in [6, 6.07) is 13.9. The molecule has 0 spiro atoms. The van der Waals surface area contributed by atoms with Crippen LogP contribution in [-0.4, -0.2) is 24.1 Å². The average molecular weight is 448 g/mol. The van der Waals surface area contributed by atoms with Crippen LogP contribution < -0.4 is 0 Å². The minimum absolute atomic E-state index is 0.642. The highest BCUT2D eigenvalue weighted by molar-refractivity contribution is 9.10. The van der Waals surface area contributed by atoms with Crippen LogP contribution in [0.25, 0.3) is 11.6 Å². The Morgan fingerprint density at radius 3 is 2.69 bits per heavy atom. The molecule has 0 saturated carbocycles. The summed E-state index contributed by atoms with van der Waals surface area (Å²) in [7, 11) is 0. The molecule has 0 radical (unpaired) electrons. The monoisotopic (exact) mass is 447 g/mol. The van der Waals surface area contributed by atoms with Gasteiger partial charge in [0.15, 0.2) is 19.9 Å². The van der Waals surface area contributed by atoms with E-state index in [2.05, 4.69) is 47.6 Å². The molecule has 4 rings (SSSR count). The Morgan fingerprint density at radius 1 is 1.15 bits per heavy atom. The summed E-state index contributed by atoms with van der Waals surface area (Å²) in [4.78, 5) is 4.52. The lowest BCUT2D eigenvalue weighted by Gasteiger charge is -2.08. The SMILES string of the molecule is CCc1nsc(Sc2nnc(-c3ccc(Br)o3)n2Cc2ccccc2)n1. The van der Waals surface area contributed by atoms with Crippen molar-refractivity contribution in [2.75, 3.05) is 0 Å². The highest BCUT2D eigenvalue weighted by atomic mass is 79.9. The molecule has 0 N–H and O–H groups in total. The van der Waals surface area contributed by atoms with Gasteiger partial charge in [0.1, 0.15) is 5.82 Å². The van der Waals surface area contributed by atoms with E-state index >= 15 is 0 Å². The molecule has 6 nitrogen and oxygen atoms in total.